The van der Waals surface area contributed by atoms with Crippen LogP contribution in [0.1, 0.15) is 0 Å². The van der Waals surface area contributed by atoms with Crippen molar-refractivity contribution in [3.8, 4) is 23.1 Å². The first-order valence-corrected chi connectivity index (χ1v) is 11.5. The van der Waals surface area contributed by atoms with Crippen LogP contribution in [0, 0.1) is 21.7 Å². The molecule has 0 unspecified atom stereocenters. The lowest BCUT2D eigenvalue weighted by Crippen LogP contribution is -2.12. The minimum Gasteiger partial charge on any atom is -0.497 e. The molecule has 0 atom stereocenters. The van der Waals surface area contributed by atoms with Gasteiger partial charge in [-0.15, -0.1) is 5.10 Å². The lowest BCUT2D eigenvalue weighted by atomic mass is 10.2. The Morgan fingerprint density at radius 1 is 0.972 bits per heavy atom. The monoisotopic (exact) mass is 563 g/mol. The first kappa shape index (κ1) is 25.2. The number of benzene rings is 3. The number of methoxy groups -OCH3 is 1. The summed E-state index contributed by atoms with van der Waals surface area (Å²) in [7, 11) is 1.55. The molecule has 0 N–H and O–H groups in total. The number of nitrogens with zero attached hydrogens (tertiary/aromatic N) is 3. The summed E-state index contributed by atoms with van der Waals surface area (Å²) >= 11 is 3.08. The molecule has 3 aromatic carbocycles. The third-order valence-corrected chi connectivity index (χ3v) is 5.66. The van der Waals surface area contributed by atoms with Gasteiger partial charge in [-0.3, -0.25) is 14.8 Å². The molecule has 0 saturated heterocycles. The van der Waals surface area contributed by atoms with E-state index < -0.39 is 16.6 Å². The van der Waals surface area contributed by atoms with E-state index in [1.54, 1.807) is 23.9 Å². The number of nitro benzene ring substituents is 1. The number of nitro groups is 1. The third-order valence-electron chi connectivity index (χ3n) is 5.07. The van der Waals surface area contributed by atoms with Crippen molar-refractivity contribution in [3.05, 3.63) is 80.8 Å². The summed E-state index contributed by atoms with van der Waals surface area (Å²) in [6.45, 7) is 0.656. The topological polar surface area (TPSA) is 97.9 Å². The number of hydrogen-bond acceptors (Lipinski definition) is 7. The molecule has 36 heavy (non-hydrogen) atoms. The van der Waals surface area contributed by atoms with Crippen LogP contribution in [0.15, 0.2) is 59.1 Å². The number of aromatic nitrogens is 2. The van der Waals surface area contributed by atoms with E-state index in [2.05, 4.69) is 21.0 Å². The van der Waals surface area contributed by atoms with E-state index >= 15 is 0 Å². The van der Waals surface area contributed by atoms with E-state index in [1.165, 1.54) is 24.3 Å². The van der Waals surface area contributed by atoms with Gasteiger partial charge in [0.1, 0.15) is 37.1 Å². The van der Waals surface area contributed by atoms with Gasteiger partial charge in [-0.25, -0.2) is 8.78 Å². The fourth-order valence-corrected chi connectivity index (χ4v) is 3.92. The predicted octanol–water partition coefficient (Wildman–Crippen LogP) is 5.53. The highest BCUT2D eigenvalue weighted by atomic mass is 79.9. The van der Waals surface area contributed by atoms with Gasteiger partial charge in [-0.05, 0) is 52.3 Å². The Hall–Kier alpha value is -3.93. The fraction of sp³-hybridized carbons (Fsp3) is 0.208. The second-order valence-corrected chi connectivity index (χ2v) is 8.26. The summed E-state index contributed by atoms with van der Waals surface area (Å²) in [5, 5.41) is 16.0. The largest absolute Gasteiger partial charge is 0.497 e. The van der Waals surface area contributed by atoms with Gasteiger partial charge < -0.3 is 18.9 Å². The van der Waals surface area contributed by atoms with Crippen molar-refractivity contribution in [2.45, 2.75) is 6.54 Å². The summed E-state index contributed by atoms with van der Waals surface area (Å²) in [6.07, 6.45) is 0. The average Bonchev–Trinajstić information content (AvgIpc) is 3.20. The van der Waals surface area contributed by atoms with E-state index in [0.717, 1.165) is 17.6 Å². The molecule has 9 nitrogen and oxygen atoms in total. The molecule has 4 aromatic rings. The molecule has 0 amide bonds. The van der Waals surface area contributed by atoms with Crippen LogP contribution < -0.4 is 18.9 Å². The van der Waals surface area contributed by atoms with Crippen LogP contribution in [0.2, 0.25) is 0 Å². The van der Waals surface area contributed by atoms with Gasteiger partial charge in [-0.2, -0.15) is 0 Å². The molecular formula is C24H20BrF2N3O6. The molecule has 0 aliphatic carbocycles. The summed E-state index contributed by atoms with van der Waals surface area (Å²) in [5.74, 6) is -0.225. The van der Waals surface area contributed by atoms with Crippen molar-refractivity contribution in [1.82, 2.24) is 9.78 Å². The van der Waals surface area contributed by atoms with Gasteiger partial charge >= 0.3 is 0 Å². The van der Waals surface area contributed by atoms with Gasteiger partial charge in [0.05, 0.1) is 34.0 Å². The van der Waals surface area contributed by atoms with Crippen LogP contribution in [0.5, 0.6) is 23.1 Å². The van der Waals surface area contributed by atoms with Gasteiger partial charge in [0, 0.05) is 18.2 Å². The zero-order valence-corrected chi connectivity index (χ0v) is 20.5. The smallest absolute Gasteiger partial charge is 0.269 e. The molecule has 4 rings (SSSR count). The minimum atomic E-state index is -0.825. The molecule has 0 saturated carbocycles. The standard InChI is InChI=1S/C24H20BrF2N3O6/c1-33-18-6-7-22-19(14-18)24(36-11-10-35-23-20(25)12-15(26)13-21(23)27)28-29(22)8-9-34-17-4-2-16(3-5-17)30(31)32/h2-7,12-14H,8-11H2,1H3. The number of non-ortho nitro benzene ring substituents is 1. The van der Waals surface area contributed by atoms with Gasteiger partial charge in [-0.1, -0.05) is 0 Å². The quantitative estimate of drug-likeness (QED) is 0.134. The first-order valence-electron chi connectivity index (χ1n) is 10.7. The van der Waals surface area contributed by atoms with Crippen molar-refractivity contribution in [2.75, 3.05) is 26.9 Å². The van der Waals surface area contributed by atoms with Crippen molar-refractivity contribution in [1.29, 1.82) is 0 Å². The van der Waals surface area contributed by atoms with Gasteiger partial charge in [0.15, 0.2) is 11.6 Å². The van der Waals surface area contributed by atoms with Crippen LogP contribution in [0.3, 0.4) is 0 Å². The zero-order valence-electron chi connectivity index (χ0n) is 18.9. The van der Waals surface area contributed by atoms with E-state index in [-0.39, 0.29) is 35.7 Å². The summed E-state index contributed by atoms with van der Waals surface area (Å²) in [5.41, 5.74) is 0.751. The van der Waals surface area contributed by atoms with Crippen molar-refractivity contribution in [2.24, 2.45) is 0 Å². The van der Waals surface area contributed by atoms with E-state index in [9.17, 15) is 18.9 Å². The summed E-state index contributed by atoms with van der Waals surface area (Å²) in [6, 6.07) is 13.1. The number of fused-ring (bicyclic) bond motifs is 1. The van der Waals surface area contributed by atoms with Crippen molar-refractivity contribution < 1.29 is 32.7 Å². The number of halogens is 3. The molecule has 1 aromatic heterocycles. The molecule has 0 spiro atoms. The SMILES string of the molecule is COc1ccc2c(c1)c(OCCOc1c(F)cc(F)cc1Br)nn2CCOc1ccc([N+](=O)[O-])cc1. The lowest BCUT2D eigenvalue weighted by Gasteiger charge is -2.10. The second-order valence-electron chi connectivity index (χ2n) is 7.41. The van der Waals surface area contributed by atoms with Crippen LogP contribution in [0.4, 0.5) is 14.5 Å². The van der Waals surface area contributed by atoms with Crippen LogP contribution in [0.25, 0.3) is 10.9 Å². The first-order chi connectivity index (χ1) is 17.4. The molecule has 0 radical (unpaired) electrons. The van der Waals surface area contributed by atoms with Crippen LogP contribution in [-0.4, -0.2) is 41.6 Å². The molecular weight excluding hydrogens is 544 g/mol. The van der Waals surface area contributed by atoms with E-state index in [1.807, 2.05) is 6.07 Å². The number of rotatable bonds is 11. The molecule has 0 fully saturated rings. The zero-order chi connectivity index (χ0) is 25.7. The maximum atomic E-state index is 13.9. The summed E-state index contributed by atoms with van der Waals surface area (Å²) < 4.78 is 51.3. The maximum absolute atomic E-state index is 13.9. The molecule has 0 aliphatic rings. The highest BCUT2D eigenvalue weighted by molar-refractivity contribution is 9.10. The van der Waals surface area contributed by atoms with Gasteiger partial charge in [0.2, 0.25) is 5.88 Å². The Kier molecular flexibility index (Phi) is 7.84. The van der Waals surface area contributed by atoms with Crippen molar-refractivity contribution in [3.63, 3.8) is 0 Å². The highest BCUT2D eigenvalue weighted by Gasteiger charge is 2.15. The van der Waals surface area contributed by atoms with Crippen LogP contribution >= 0.6 is 15.9 Å². The van der Waals surface area contributed by atoms with Gasteiger partial charge in [0.25, 0.3) is 5.69 Å². The van der Waals surface area contributed by atoms with Crippen LogP contribution in [-0.2, 0) is 6.54 Å². The predicted molar refractivity (Wildman–Crippen MR) is 130 cm³/mol. The second kappa shape index (κ2) is 11.2. The maximum Gasteiger partial charge on any atom is 0.269 e. The Morgan fingerprint density at radius 3 is 2.39 bits per heavy atom. The molecule has 12 heteroatoms. The van der Waals surface area contributed by atoms with E-state index in [0.29, 0.717) is 29.3 Å². The Labute approximate surface area is 212 Å². The number of hydrogen-bond donors (Lipinski definition) is 0. The number of ether oxygens (including phenoxy) is 4. The normalized spacial score (nSPS) is 10.9. The molecule has 1 heterocycles. The molecule has 0 bridgehead atoms. The molecule has 0 aliphatic heterocycles. The van der Waals surface area contributed by atoms with Crippen molar-refractivity contribution >= 4 is 32.5 Å². The summed E-state index contributed by atoms with van der Waals surface area (Å²) in [4.78, 5) is 10.3. The Balaban J connectivity index is 1.42. The molecule has 188 valence electrons. The Bertz CT molecular complexity index is 1360. The lowest BCUT2D eigenvalue weighted by molar-refractivity contribution is -0.384. The Morgan fingerprint density at radius 2 is 1.69 bits per heavy atom. The fourth-order valence-electron chi connectivity index (χ4n) is 3.40. The minimum absolute atomic E-state index is 0.0112. The highest BCUT2D eigenvalue weighted by Crippen LogP contribution is 2.31. The average molecular weight is 564 g/mol. The third kappa shape index (κ3) is 5.82. The van der Waals surface area contributed by atoms with E-state index in [4.69, 9.17) is 18.9 Å².